The Morgan fingerprint density at radius 3 is 2.95 bits per heavy atom. The van der Waals surface area contributed by atoms with Crippen LogP contribution in [0.3, 0.4) is 0 Å². The van der Waals surface area contributed by atoms with Gasteiger partial charge in [0, 0.05) is 12.6 Å². The highest BCUT2D eigenvalue weighted by Crippen LogP contribution is 2.34. The summed E-state index contributed by atoms with van der Waals surface area (Å²) in [5.74, 6) is -0.432. The van der Waals surface area contributed by atoms with E-state index >= 15 is 0 Å². The van der Waals surface area contributed by atoms with E-state index in [1.54, 1.807) is 0 Å². The average Bonchev–Trinajstić information content (AvgIpc) is 2.75. The van der Waals surface area contributed by atoms with Crippen LogP contribution in [0.15, 0.2) is 30.5 Å². The van der Waals surface area contributed by atoms with Crippen LogP contribution in [0.5, 0.6) is 0 Å². The predicted molar refractivity (Wildman–Crippen MR) is 78.1 cm³/mol. The van der Waals surface area contributed by atoms with E-state index < -0.39 is 12.0 Å². The van der Waals surface area contributed by atoms with Gasteiger partial charge in [-0.1, -0.05) is 24.3 Å². The van der Waals surface area contributed by atoms with E-state index in [1.807, 2.05) is 24.3 Å². The quantitative estimate of drug-likeness (QED) is 0.742. The molecule has 0 bridgehead atoms. The van der Waals surface area contributed by atoms with Gasteiger partial charge < -0.3 is 16.2 Å². The van der Waals surface area contributed by atoms with Crippen LogP contribution in [0.4, 0.5) is 5.82 Å². The number of carbonyl (C=O) groups is 1. The minimum Gasteiger partial charge on any atom is -0.390 e. The molecular formula is C14H13ClN4O2. The van der Waals surface area contributed by atoms with Crippen molar-refractivity contribution in [3.63, 3.8) is 0 Å². The number of primary amides is 1. The highest BCUT2D eigenvalue weighted by Gasteiger charge is 2.31. The van der Waals surface area contributed by atoms with Crippen LogP contribution in [0.25, 0.3) is 0 Å². The fourth-order valence-corrected chi connectivity index (χ4v) is 2.68. The molecule has 0 spiro atoms. The van der Waals surface area contributed by atoms with Crippen LogP contribution >= 0.6 is 11.6 Å². The van der Waals surface area contributed by atoms with E-state index in [0.717, 1.165) is 11.1 Å². The molecule has 6 nitrogen and oxygen atoms in total. The first-order valence-electron chi connectivity index (χ1n) is 6.41. The second-order valence-electron chi connectivity index (χ2n) is 4.86. The minimum absolute atomic E-state index is 0.00303. The lowest BCUT2D eigenvalue weighted by Crippen LogP contribution is -2.24. The van der Waals surface area contributed by atoms with Gasteiger partial charge in [-0.2, -0.15) is 4.98 Å². The second kappa shape index (κ2) is 5.31. The molecule has 3 rings (SSSR count). The number of aromatic nitrogens is 2. The minimum atomic E-state index is -0.657. The van der Waals surface area contributed by atoms with Crippen molar-refractivity contribution < 1.29 is 9.90 Å². The third kappa shape index (κ3) is 2.55. The predicted octanol–water partition coefficient (Wildman–Crippen LogP) is 1.30. The highest BCUT2D eigenvalue weighted by molar-refractivity contribution is 6.28. The smallest absolute Gasteiger partial charge is 0.254 e. The summed E-state index contributed by atoms with van der Waals surface area (Å²) in [6.07, 6.45) is 1.20. The van der Waals surface area contributed by atoms with Crippen LogP contribution in [0.2, 0.25) is 5.28 Å². The van der Waals surface area contributed by atoms with Crippen LogP contribution in [0, 0.1) is 0 Å². The van der Waals surface area contributed by atoms with Crippen molar-refractivity contribution in [2.75, 3.05) is 5.32 Å². The highest BCUT2D eigenvalue weighted by atomic mass is 35.5. The van der Waals surface area contributed by atoms with Crippen molar-refractivity contribution in [2.45, 2.75) is 18.6 Å². The van der Waals surface area contributed by atoms with Gasteiger partial charge in [0.25, 0.3) is 5.91 Å². The molecule has 1 aliphatic rings. The molecular weight excluding hydrogens is 292 g/mol. The normalized spacial score (nSPS) is 20.1. The van der Waals surface area contributed by atoms with Gasteiger partial charge in [-0.15, -0.1) is 0 Å². The Bertz CT molecular complexity index is 707. The number of nitrogens with one attached hydrogen (secondary N) is 1. The Hall–Kier alpha value is -2.18. The molecule has 0 saturated carbocycles. The molecule has 1 heterocycles. The molecule has 2 atom stereocenters. The maximum Gasteiger partial charge on any atom is 0.254 e. The Kier molecular flexibility index (Phi) is 3.48. The molecule has 0 unspecified atom stereocenters. The number of halogens is 1. The molecule has 1 aliphatic carbocycles. The summed E-state index contributed by atoms with van der Waals surface area (Å²) in [4.78, 5) is 19.2. The molecule has 0 radical (unpaired) electrons. The number of benzene rings is 1. The third-order valence-electron chi connectivity index (χ3n) is 3.52. The average molecular weight is 305 g/mol. The Balaban J connectivity index is 1.97. The van der Waals surface area contributed by atoms with Gasteiger partial charge in [0.1, 0.15) is 5.82 Å². The Morgan fingerprint density at radius 1 is 1.43 bits per heavy atom. The number of nitrogens with zero attached hydrogens (tertiary/aromatic N) is 2. The van der Waals surface area contributed by atoms with Crippen molar-refractivity contribution >= 4 is 23.3 Å². The maximum atomic E-state index is 11.4. The number of anilines is 1. The molecule has 0 saturated heterocycles. The summed E-state index contributed by atoms with van der Waals surface area (Å²) < 4.78 is 0. The number of amides is 1. The largest absolute Gasteiger partial charge is 0.390 e. The number of rotatable bonds is 3. The van der Waals surface area contributed by atoms with Crippen molar-refractivity contribution in [1.82, 2.24) is 9.97 Å². The maximum absolute atomic E-state index is 11.4. The lowest BCUT2D eigenvalue weighted by Gasteiger charge is -2.19. The molecule has 1 aromatic heterocycles. The summed E-state index contributed by atoms with van der Waals surface area (Å²) in [7, 11) is 0. The van der Waals surface area contributed by atoms with Gasteiger partial charge in [0.2, 0.25) is 5.28 Å². The van der Waals surface area contributed by atoms with Gasteiger partial charge in [-0.05, 0) is 22.7 Å². The van der Waals surface area contributed by atoms with Gasteiger partial charge in [-0.3, -0.25) is 4.79 Å². The van der Waals surface area contributed by atoms with Gasteiger partial charge in [0.05, 0.1) is 17.7 Å². The van der Waals surface area contributed by atoms with E-state index in [4.69, 9.17) is 17.3 Å². The summed E-state index contributed by atoms with van der Waals surface area (Å²) in [6, 6.07) is 7.33. The number of fused-ring (bicyclic) bond motifs is 1. The molecule has 0 fully saturated rings. The van der Waals surface area contributed by atoms with E-state index in [1.165, 1.54) is 6.20 Å². The Morgan fingerprint density at radius 2 is 2.19 bits per heavy atom. The second-order valence-corrected chi connectivity index (χ2v) is 5.20. The summed E-state index contributed by atoms with van der Waals surface area (Å²) >= 11 is 5.77. The number of carbonyl (C=O) groups excluding carboxylic acids is 1. The zero-order valence-corrected chi connectivity index (χ0v) is 11.7. The first-order valence-corrected chi connectivity index (χ1v) is 6.79. The van der Waals surface area contributed by atoms with Gasteiger partial charge >= 0.3 is 0 Å². The number of hydrogen-bond donors (Lipinski definition) is 3. The lowest BCUT2D eigenvalue weighted by molar-refractivity contribution is 0.1000. The SMILES string of the molecule is NC(=O)c1cnc(Cl)nc1N[C@H]1c2ccccc2C[C@H]1O. The molecule has 4 N–H and O–H groups in total. The monoisotopic (exact) mass is 304 g/mol. The van der Waals surface area contributed by atoms with Crippen LogP contribution in [-0.4, -0.2) is 27.1 Å². The zero-order valence-electron chi connectivity index (χ0n) is 11.0. The summed E-state index contributed by atoms with van der Waals surface area (Å²) in [5, 5.41) is 13.3. The molecule has 1 amide bonds. The third-order valence-corrected chi connectivity index (χ3v) is 3.70. The standard InChI is InChI=1S/C14H13ClN4O2/c15-14-17-6-9(12(16)21)13(19-14)18-11-8-4-2-1-3-7(8)5-10(11)20/h1-4,6,10-11,20H,5H2,(H2,16,21)(H,17,18,19)/t10-,11+/m1/s1. The van der Waals surface area contributed by atoms with Gasteiger partial charge in [0.15, 0.2) is 0 Å². The molecule has 21 heavy (non-hydrogen) atoms. The first-order chi connectivity index (χ1) is 10.1. The van der Waals surface area contributed by atoms with Crippen LogP contribution in [-0.2, 0) is 6.42 Å². The van der Waals surface area contributed by atoms with Crippen molar-refractivity contribution in [3.05, 3.63) is 52.4 Å². The van der Waals surface area contributed by atoms with Crippen molar-refractivity contribution in [1.29, 1.82) is 0 Å². The van der Waals surface area contributed by atoms with E-state index in [-0.39, 0.29) is 22.7 Å². The number of hydrogen-bond acceptors (Lipinski definition) is 5. The van der Waals surface area contributed by atoms with E-state index in [2.05, 4.69) is 15.3 Å². The number of aliphatic hydroxyl groups is 1. The van der Waals surface area contributed by atoms with Crippen molar-refractivity contribution in [3.8, 4) is 0 Å². The topological polar surface area (TPSA) is 101 Å². The molecule has 1 aromatic carbocycles. The fourth-order valence-electron chi connectivity index (χ4n) is 2.55. The van der Waals surface area contributed by atoms with Crippen LogP contribution < -0.4 is 11.1 Å². The van der Waals surface area contributed by atoms with Crippen LogP contribution in [0.1, 0.15) is 27.5 Å². The number of aliphatic hydroxyl groups excluding tert-OH is 1. The molecule has 7 heteroatoms. The van der Waals surface area contributed by atoms with E-state index in [0.29, 0.717) is 6.42 Å². The fraction of sp³-hybridized carbons (Fsp3) is 0.214. The number of nitrogens with two attached hydrogens (primary N) is 1. The Labute approximate surface area is 126 Å². The molecule has 0 aliphatic heterocycles. The molecule has 108 valence electrons. The zero-order chi connectivity index (χ0) is 15.0. The van der Waals surface area contributed by atoms with Crippen molar-refractivity contribution in [2.24, 2.45) is 5.73 Å². The first kappa shape index (κ1) is 13.8. The molecule has 2 aromatic rings. The van der Waals surface area contributed by atoms with Gasteiger partial charge in [-0.25, -0.2) is 4.98 Å². The van der Waals surface area contributed by atoms with E-state index in [9.17, 15) is 9.90 Å². The summed E-state index contributed by atoms with van der Waals surface area (Å²) in [6.45, 7) is 0. The summed E-state index contributed by atoms with van der Waals surface area (Å²) in [5.41, 5.74) is 7.47. The lowest BCUT2D eigenvalue weighted by atomic mass is 10.1.